The van der Waals surface area contributed by atoms with Gasteiger partial charge < -0.3 is 26.0 Å². The van der Waals surface area contributed by atoms with E-state index in [1.165, 1.54) is 0 Å². The van der Waals surface area contributed by atoms with Crippen LogP contribution in [0.2, 0.25) is 10.0 Å². The van der Waals surface area contributed by atoms with Crippen molar-refractivity contribution in [1.29, 1.82) is 0 Å². The molecule has 5 rings (SSSR count). The predicted molar refractivity (Wildman–Crippen MR) is 153 cm³/mol. The SMILES string of the molecule is CC.CC.Cn1ccc(NCCOc2cc(Cl)cc(Cl)c2-c2nc(N)nc3c2CN(C(=O)NC2CC2)C3)n1. The van der Waals surface area contributed by atoms with Crippen molar-refractivity contribution < 1.29 is 9.53 Å². The molecule has 4 N–H and O–H groups in total. The molecule has 1 aliphatic heterocycles. The number of carbonyl (C=O) groups excluding carboxylic acids is 1. The van der Waals surface area contributed by atoms with Crippen molar-refractivity contribution in [2.24, 2.45) is 7.05 Å². The zero-order valence-corrected chi connectivity index (χ0v) is 24.0. The Morgan fingerprint density at radius 3 is 2.55 bits per heavy atom. The summed E-state index contributed by atoms with van der Waals surface area (Å²) in [5.74, 6) is 1.33. The van der Waals surface area contributed by atoms with E-state index in [-0.39, 0.29) is 18.0 Å². The Labute approximate surface area is 233 Å². The van der Waals surface area contributed by atoms with Crippen molar-refractivity contribution in [1.82, 2.24) is 30.0 Å². The lowest BCUT2D eigenvalue weighted by Crippen LogP contribution is -2.37. The highest BCUT2D eigenvalue weighted by atomic mass is 35.5. The maximum absolute atomic E-state index is 12.6. The molecule has 2 amide bonds. The summed E-state index contributed by atoms with van der Waals surface area (Å²) in [7, 11) is 1.85. The van der Waals surface area contributed by atoms with Crippen LogP contribution in [0.4, 0.5) is 16.6 Å². The van der Waals surface area contributed by atoms with Gasteiger partial charge in [-0.3, -0.25) is 4.68 Å². The van der Waals surface area contributed by atoms with Crippen LogP contribution in [0.15, 0.2) is 24.4 Å². The van der Waals surface area contributed by atoms with Gasteiger partial charge in [-0.2, -0.15) is 5.10 Å². The summed E-state index contributed by atoms with van der Waals surface area (Å²) in [5, 5.41) is 11.3. The number of nitrogens with zero attached hydrogens (tertiary/aromatic N) is 5. The highest BCUT2D eigenvalue weighted by molar-refractivity contribution is 6.37. The standard InChI is InChI=1S/C22H24Cl2N8O2.2C2H6/c1-31-6-4-18(30-31)26-5-7-34-17-9-12(23)8-15(24)19(17)20-14-10-32(22(33)27-13-2-3-13)11-16(14)28-21(25)29-20;2*1-2/h4,6,8-9,13H,2-3,5,7,10-11H2,1H3,(H,26,30)(H,27,33)(H2,25,28,29);2*1-2H3. The van der Waals surface area contributed by atoms with Crippen LogP contribution in [0, 0.1) is 0 Å². The maximum atomic E-state index is 12.6. The number of urea groups is 1. The minimum absolute atomic E-state index is 0.104. The second kappa shape index (κ2) is 13.5. The van der Waals surface area contributed by atoms with Gasteiger partial charge in [0.2, 0.25) is 5.95 Å². The normalized spacial score (nSPS) is 13.5. The van der Waals surface area contributed by atoms with Crippen LogP contribution in [0.1, 0.15) is 51.8 Å². The van der Waals surface area contributed by atoms with E-state index in [0.29, 0.717) is 59.0 Å². The number of nitrogens with one attached hydrogen (secondary N) is 2. The molecule has 12 heteroatoms. The molecule has 1 aromatic carbocycles. The number of aryl methyl sites for hydroxylation is 1. The highest BCUT2D eigenvalue weighted by Crippen LogP contribution is 2.42. The van der Waals surface area contributed by atoms with Gasteiger partial charge in [0, 0.05) is 35.9 Å². The van der Waals surface area contributed by atoms with E-state index in [2.05, 4.69) is 25.7 Å². The van der Waals surface area contributed by atoms with Crippen molar-refractivity contribution in [3.8, 4) is 17.0 Å². The molecule has 10 nitrogen and oxygen atoms in total. The lowest BCUT2D eigenvalue weighted by atomic mass is 10.0. The van der Waals surface area contributed by atoms with E-state index in [9.17, 15) is 4.79 Å². The van der Waals surface area contributed by atoms with Crippen molar-refractivity contribution in [3.05, 3.63) is 45.7 Å². The van der Waals surface area contributed by atoms with Gasteiger partial charge in [-0.25, -0.2) is 14.8 Å². The number of rotatable bonds is 7. The molecule has 3 aromatic rings. The molecule has 0 radical (unpaired) electrons. The van der Waals surface area contributed by atoms with E-state index in [0.717, 1.165) is 24.2 Å². The smallest absolute Gasteiger partial charge is 0.318 e. The quantitative estimate of drug-likeness (QED) is 0.325. The molecular weight excluding hydrogens is 527 g/mol. The third-order valence-electron chi connectivity index (χ3n) is 5.63. The monoisotopic (exact) mass is 562 g/mol. The summed E-state index contributed by atoms with van der Waals surface area (Å²) in [6.45, 7) is 9.55. The third-order valence-corrected chi connectivity index (χ3v) is 6.14. The van der Waals surface area contributed by atoms with Gasteiger partial charge in [-0.05, 0) is 25.0 Å². The predicted octanol–water partition coefficient (Wildman–Crippen LogP) is 5.50. The van der Waals surface area contributed by atoms with E-state index in [1.807, 2.05) is 47.0 Å². The summed E-state index contributed by atoms with van der Waals surface area (Å²) in [4.78, 5) is 23.2. The van der Waals surface area contributed by atoms with E-state index >= 15 is 0 Å². The number of carbonyl (C=O) groups is 1. The Hall–Kier alpha value is -3.24. The molecule has 2 aliphatic rings. The topological polar surface area (TPSA) is 123 Å². The van der Waals surface area contributed by atoms with Crippen LogP contribution in [0.3, 0.4) is 0 Å². The average Bonchev–Trinajstić information content (AvgIpc) is 3.44. The lowest BCUT2D eigenvalue weighted by Gasteiger charge is -2.17. The molecule has 2 aromatic heterocycles. The Kier molecular flexibility index (Phi) is 10.4. The highest BCUT2D eigenvalue weighted by Gasteiger charge is 2.33. The number of nitrogens with two attached hydrogens (primary N) is 1. The zero-order chi connectivity index (χ0) is 27.8. The van der Waals surface area contributed by atoms with Gasteiger partial charge in [0.15, 0.2) is 0 Å². The van der Waals surface area contributed by atoms with E-state index < -0.39 is 0 Å². The van der Waals surface area contributed by atoms with Gasteiger partial charge >= 0.3 is 6.03 Å². The van der Waals surface area contributed by atoms with Crippen molar-refractivity contribution >= 4 is 41.0 Å². The number of hydrogen-bond acceptors (Lipinski definition) is 7. The molecule has 0 unspecified atom stereocenters. The van der Waals surface area contributed by atoms with Crippen molar-refractivity contribution in [2.75, 3.05) is 24.2 Å². The molecule has 38 heavy (non-hydrogen) atoms. The van der Waals surface area contributed by atoms with Gasteiger partial charge in [0.25, 0.3) is 0 Å². The van der Waals surface area contributed by atoms with Crippen LogP contribution in [-0.2, 0) is 20.1 Å². The van der Waals surface area contributed by atoms with Crippen LogP contribution in [0.5, 0.6) is 5.75 Å². The number of ether oxygens (including phenoxy) is 1. The Bertz CT molecular complexity index is 1250. The van der Waals surface area contributed by atoms with Crippen molar-refractivity contribution in [2.45, 2.75) is 59.7 Å². The number of aromatic nitrogens is 4. The van der Waals surface area contributed by atoms with Gasteiger partial charge in [-0.1, -0.05) is 50.9 Å². The largest absolute Gasteiger partial charge is 0.491 e. The van der Waals surface area contributed by atoms with E-state index in [1.54, 1.807) is 21.7 Å². The number of amides is 2. The van der Waals surface area contributed by atoms with E-state index in [4.69, 9.17) is 33.7 Å². The summed E-state index contributed by atoms with van der Waals surface area (Å²) in [6, 6.07) is 5.34. The number of anilines is 2. The Balaban J connectivity index is 0.000000956. The average molecular weight is 564 g/mol. The molecule has 0 bridgehead atoms. The summed E-state index contributed by atoms with van der Waals surface area (Å²) >= 11 is 12.9. The maximum Gasteiger partial charge on any atom is 0.318 e. The van der Waals surface area contributed by atoms with Gasteiger partial charge in [0.1, 0.15) is 18.2 Å². The molecule has 0 atom stereocenters. The van der Waals surface area contributed by atoms with Crippen LogP contribution in [-0.4, -0.2) is 49.9 Å². The zero-order valence-electron chi connectivity index (χ0n) is 22.5. The fraction of sp³-hybridized carbons (Fsp3) is 0.462. The second-order valence-electron chi connectivity index (χ2n) is 8.35. The van der Waals surface area contributed by atoms with Crippen LogP contribution in [0.25, 0.3) is 11.3 Å². The first-order valence-electron chi connectivity index (χ1n) is 12.9. The summed E-state index contributed by atoms with van der Waals surface area (Å²) < 4.78 is 7.77. The van der Waals surface area contributed by atoms with Crippen molar-refractivity contribution in [3.63, 3.8) is 0 Å². The first kappa shape index (κ1) is 29.3. The number of hydrogen-bond donors (Lipinski definition) is 3. The molecule has 1 saturated carbocycles. The minimum Gasteiger partial charge on any atom is -0.491 e. The number of fused-ring (bicyclic) bond motifs is 1. The number of benzene rings is 1. The molecular formula is C26H36Cl2N8O2. The first-order valence-corrected chi connectivity index (χ1v) is 13.7. The summed E-state index contributed by atoms with van der Waals surface area (Å²) in [5.41, 5.74) is 8.63. The molecule has 0 spiro atoms. The first-order chi connectivity index (χ1) is 18.4. The van der Waals surface area contributed by atoms with Gasteiger partial charge in [0.05, 0.1) is 41.6 Å². The Morgan fingerprint density at radius 2 is 1.89 bits per heavy atom. The third kappa shape index (κ3) is 7.20. The number of nitrogen functional groups attached to an aromatic ring is 1. The lowest BCUT2D eigenvalue weighted by molar-refractivity contribution is 0.197. The minimum atomic E-state index is -0.121. The molecule has 1 fully saturated rings. The molecule has 1 aliphatic carbocycles. The fourth-order valence-corrected chi connectivity index (χ4v) is 4.43. The number of halogens is 2. The molecule has 206 valence electrons. The molecule has 0 saturated heterocycles. The van der Waals surface area contributed by atoms with Crippen LogP contribution < -0.4 is 21.1 Å². The van der Waals surface area contributed by atoms with Crippen LogP contribution >= 0.6 is 23.2 Å². The molecule has 3 heterocycles. The Morgan fingerprint density at radius 1 is 1.16 bits per heavy atom. The van der Waals surface area contributed by atoms with Gasteiger partial charge in [-0.15, -0.1) is 0 Å². The second-order valence-corrected chi connectivity index (χ2v) is 9.19. The fourth-order valence-electron chi connectivity index (χ4n) is 3.86. The summed E-state index contributed by atoms with van der Waals surface area (Å²) in [6.07, 6.45) is 3.88.